The van der Waals surface area contributed by atoms with Crippen molar-refractivity contribution in [2.24, 2.45) is 0 Å². The molecule has 1 aliphatic rings. The molecule has 0 spiro atoms. The summed E-state index contributed by atoms with van der Waals surface area (Å²) in [5, 5.41) is 15.9. The van der Waals surface area contributed by atoms with E-state index in [1.807, 2.05) is 30.3 Å². The molecule has 0 atom stereocenters. The summed E-state index contributed by atoms with van der Waals surface area (Å²) in [7, 11) is 0. The first kappa shape index (κ1) is 22.8. The van der Waals surface area contributed by atoms with E-state index in [0.29, 0.717) is 41.9 Å². The molecule has 2 aromatic carbocycles. The lowest BCUT2D eigenvalue weighted by Crippen LogP contribution is -2.11. The standard InChI is InChI=1S/C27H30N6O2/c34-23(35)17-33-18-30-24-25(28-15-19-7-3-1-4-8-19)31-27(32-26(24)33)29-16-20-11-13-22(14-12-20)21-9-5-2-6-10-21/h1,3-4,7-8,11-14,18,21H,2,5-6,9-10,15-17H2,(H,34,35)(H2,28,29,31,32). The molecule has 0 aliphatic heterocycles. The van der Waals surface area contributed by atoms with Gasteiger partial charge in [0.25, 0.3) is 0 Å². The van der Waals surface area contributed by atoms with Crippen LogP contribution in [0.5, 0.6) is 0 Å². The van der Waals surface area contributed by atoms with E-state index in [9.17, 15) is 9.90 Å². The fourth-order valence-corrected chi connectivity index (χ4v) is 4.71. The first-order chi connectivity index (χ1) is 17.2. The van der Waals surface area contributed by atoms with Crippen molar-refractivity contribution in [1.29, 1.82) is 0 Å². The number of carboxylic acids is 1. The number of imidazole rings is 1. The van der Waals surface area contributed by atoms with Gasteiger partial charge in [-0.25, -0.2) is 4.98 Å². The number of rotatable bonds is 9. The third-order valence-electron chi connectivity index (χ3n) is 6.58. The Labute approximate surface area is 204 Å². The molecule has 1 saturated carbocycles. The Morgan fingerprint density at radius 2 is 1.63 bits per heavy atom. The monoisotopic (exact) mass is 470 g/mol. The molecule has 0 amide bonds. The molecule has 35 heavy (non-hydrogen) atoms. The van der Waals surface area contributed by atoms with Crippen molar-refractivity contribution in [3.63, 3.8) is 0 Å². The fourth-order valence-electron chi connectivity index (χ4n) is 4.71. The summed E-state index contributed by atoms with van der Waals surface area (Å²) in [4.78, 5) is 24.9. The second-order valence-electron chi connectivity index (χ2n) is 9.10. The molecule has 1 aliphatic carbocycles. The molecule has 0 unspecified atom stereocenters. The van der Waals surface area contributed by atoms with Gasteiger partial charge >= 0.3 is 5.97 Å². The molecule has 8 nitrogen and oxygen atoms in total. The van der Waals surface area contributed by atoms with Gasteiger partial charge in [-0.3, -0.25) is 4.79 Å². The maximum absolute atomic E-state index is 11.3. The summed E-state index contributed by atoms with van der Waals surface area (Å²) in [5.74, 6) is 0.730. The Kier molecular flexibility index (Phi) is 6.88. The van der Waals surface area contributed by atoms with Gasteiger partial charge in [0.1, 0.15) is 6.54 Å². The number of carboxylic acid groups (broad SMARTS) is 1. The molecular formula is C27H30N6O2. The molecule has 2 aromatic heterocycles. The predicted molar refractivity (Wildman–Crippen MR) is 136 cm³/mol. The van der Waals surface area contributed by atoms with Crippen LogP contribution < -0.4 is 10.6 Å². The van der Waals surface area contributed by atoms with Crippen LogP contribution in [-0.4, -0.2) is 30.6 Å². The zero-order valence-corrected chi connectivity index (χ0v) is 19.7. The number of aromatic nitrogens is 4. The number of carbonyl (C=O) groups is 1. The normalized spacial score (nSPS) is 14.2. The Morgan fingerprint density at radius 1 is 0.914 bits per heavy atom. The lowest BCUT2D eigenvalue weighted by atomic mass is 9.84. The van der Waals surface area contributed by atoms with E-state index in [0.717, 1.165) is 11.1 Å². The fraction of sp³-hybridized carbons (Fsp3) is 0.333. The number of hydrogen-bond acceptors (Lipinski definition) is 6. The maximum atomic E-state index is 11.3. The number of fused-ring (bicyclic) bond motifs is 1. The van der Waals surface area contributed by atoms with Crippen LogP contribution in [0.25, 0.3) is 11.2 Å². The van der Waals surface area contributed by atoms with Gasteiger partial charge in [0, 0.05) is 13.1 Å². The van der Waals surface area contributed by atoms with Crippen molar-refractivity contribution in [2.45, 2.75) is 57.7 Å². The highest BCUT2D eigenvalue weighted by Gasteiger charge is 2.16. The molecule has 4 aromatic rings. The van der Waals surface area contributed by atoms with E-state index in [1.165, 1.54) is 48.6 Å². The number of benzene rings is 2. The lowest BCUT2D eigenvalue weighted by Gasteiger charge is -2.22. The first-order valence-electron chi connectivity index (χ1n) is 12.2. The van der Waals surface area contributed by atoms with Crippen molar-refractivity contribution in [2.75, 3.05) is 10.6 Å². The van der Waals surface area contributed by atoms with Gasteiger partial charge in [0.15, 0.2) is 17.0 Å². The molecule has 0 bridgehead atoms. The minimum atomic E-state index is -0.950. The summed E-state index contributed by atoms with van der Waals surface area (Å²) in [6.07, 6.45) is 8.08. The smallest absolute Gasteiger partial charge is 0.323 e. The number of anilines is 2. The average molecular weight is 471 g/mol. The second kappa shape index (κ2) is 10.5. The predicted octanol–water partition coefficient (Wildman–Crippen LogP) is 5.18. The average Bonchev–Trinajstić information content (AvgIpc) is 3.29. The topological polar surface area (TPSA) is 105 Å². The number of nitrogens with zero attached hydrogens (tertiary/aromatic N) is 4. The third-order valence-corrected chi connectivity index (χ3v) is 6.58. The quantitative estimate of drug-likeness (QED) is 0.309. The van der Waals surface area contributed by atoms with E-state index in [2.05, 4.69) is 49.9 Å². The van der Waals surface area contributed by atoms with Gasteiger partial charge < -0.3 is 20.3 Å². The number of aliphatic carboxylic acids is 1. The summed E-state index contributed by atoms with van der Waals surface area (Å²) in [5.41, 5.74) is 4.71. The van der Waals surface area contributed by atoms with Crippen LogP contribution in [0.4, 0.5) is 11.8 Å². The minimum Gasteiger partial charge on any atom is -0.480 e. The zero-order valence-electron chi connectivity index (χ0n) is 19.7. The van der Waals surface area contributed by atoms with Gasteiger partial charge in [-0.2, -0.15) is 9.97 Å². The highest BCUT2D eigenvalue weighted by atomic mass is 16.4. The molecule has 2 heterocycles. The summed E-state index contributed by atoms with van der Waals surface area (Å²) in [6, 6.07) is 18.8. The van der Waals surface area contributed by atoms with Crippen LogP contribution in [0.15, 0.2) is 60.9 Å². The molecule has 180 valence electrons. The Hall–Kier alpha value is -3.94. The number of nitrogens with one attached hydrogen (secondary N) is 2. The molecule has 0 saturated heterocycles. The van der Waals surface area contributed by atoms with Crippen molar-refractivity contribution in [3.8, 4) is 0 Å². The highest BCUT2D eigenvalue weighted by Crippen LogP contribution is 2.32. The Morgan fingerprint density at radius 3 is 2.37 bits per heavy atom. The maximum Gasteiger partial charge on any atom is 0.323 e. The van der Waals surface area contributed by atoms with Crippen LogP contribution in [0.3, 0.4) is 0 Å². The first-order valence-corrected chi connectivity index (χ1v) is 12.2. The second-order valence-corrected chi connectivity index (χ2v) is 9.10. The van der Waals surface area contributed by atoms with Crippen LogP contribution >= 0.6 is 0 Å². The van der Waals surface area contributed by atoms with E-state index >= 15 is 0 Å². The van der Waals surface area contributed by atoms with Gasteiger partial charge in [-0.05, 0) is 35.4 Å². The SMILES string of the molecule is O=C(O)Cn1cnc2c(NCc3ccccc3)nc(NCc3ccc(C4CCCCC4)cc3)nc21. The van der Waals surface area contributed by atoms with Crippen LogP contribution in [-0.2, 0) is 24.4 Å². The van der Waals surface area contributed by atoms with E-state index in [1.54, 1.807) is 0 Å². The van der Waals surface area contributed by atoms with Crippen LogP contribution in [0.2, 0.25) is 0 Å². The van der Waals surface area contributed by atoms with E-state index in [-0.39, 0.29) is 6.54 Å². The largest absolute Gasteiger partial charge is 0.480 e. The molecule has 5 rings (SSSR count). The number of hydrogen-bond donors (Lipinski definition) is 3. The van der Waals surface area contributed by atoms with Crippen molar-refractivity contribution in [1.82, 2.24) is 19.5 Å². The van der Waals surface area contributed by atoms with Gasteiger partial charge in [0.05, 0.1) is 6.33 Å². The van der Waals surface area contributed by atoms with Gasteiger partial charge in [0.2, 0.25) is 5.95 Å². The summed E-state index contributed by atoms with van der Waals surface area (Å²) < 4.78 is 1.52. The minimum absolute atomic E-state index is 0.215. The summed E-state index contributed by atoms with van der Waals surface area (Å²) in [6.45, 7) is 0.927. The third kappa shape index (κ3) is 5.59. The van der Waals surface area contributed by atoms with Crippen LogP contribution in [0, 0.1) is 0 Å². The zero-order chi connectivity index (χ0) is 24.0. The van der Waals surface area contributed by atoms with Gasteiger partial charge in [-0.15, -0.1) is 0 Å². The van der Waals surface area contributed by atoms with Crippen molar-refractivity contribution < 1.29 is 9.90 Å². The summed E-state index contributed by atoms with van der Waals surface area (Å²) >= 11 is 0. The molecule has 0 radical (unpaired) electrons. The molecule has 8 heteroatoms. The Bertz CT molecular complexity index is 1280. The highest BCUT2D eigenvalue weighted by molar-refractivity contribution is 5.85. The van der Waals surface area contributed by atoms with Crippen molar-refractivity contribution >= 4 is 28.9 Å². The molecule has 3 N–H and O–H groups in total. The van der Waals surface area contributed by atoms with Crippen LogP contribution in [0.1, 0.15) is 54.7 Å². The Balaban J connectivity index is 1.34. The van der Waals surface area contributed by atoms with Crippen molar-refractivity contribution in [3.05, 3.63) is 77.6 Å². The lowest BCUT2D eigenvalue weighted by molar-refractivity contribution is -0.137. The van der Waals surface area contributed by atoms with Gasteiger partial charge in [-0.1, -0.05) is 73.9 Å². The molecule has 1 fully saturated rings. The van der Waals surface area contributed by atoms with E-state index < -0.39 is 5.97 Å². The molecular weight excluding hydrogens is 440 g/mol. The van der Waals surface area contributed by atoms with E-state index in [4.69, 9.17) is 0 Å².